The Morgan fingerprint density at radius 2 is 1.74 bits per heavy atom. The summed E-state index contributed by atoms with van der Waals surface area (Å²) in [5.74, 6) is 0.521. The van der Waals surface area contributed by atoms with Crippen molar-refractivity contribution in [3.05, 3.63) is 87.4 Å². The summed E-state index contributed by atoms with van der Waals surface area (Å²) in [6.07, 6.45) is -4.55. The molecule has 3 aromatic rings. The van der Waals surface area contributed by atoms with Gasteiger partial charge in [0.2, 0.25) is 0 Å². The first-order chi connectivity index (χ1) is 14.7. The molecule has 0 aromatic heterocycles. The van der Waals surface area contributed by atoms with E-state index in [0.29, 0.717) is 16.5 Å². The molecule has 0 spiro atoms. The lowest BCUT2D eigenvalue weighted by molar-refractivity contribution is -0.137. The second-order valence-electron chi connectivity index (χ2n) is 6.42. The highest BCUT2D eigenvalue weighted by Gasteiger charge is 2.31. The molecule has 3 aromatic carbocycles. The maximum atomic E-state index is 13.0. The molecule has 3 rings (SSSR count). The number of nitrogens with one attached hydrogen (secondary N) is 1. The standard InChI is InChI=1S/C22H16Cl2F3NO2S/c1-30-20-9-2-13(10-14(20)12-31-17-6-4-16(23)5-7-17)21(29)28-19-11-15(22(25,26)27)3-8-18(19)24/h2-11H,12H2,1H3,(H,28,29). The van der Waals surface area contributed by atoms with E-state index in [4.69, 9.17) is 27.9 Å². The number of carbonyl (C=O) groups is 1. The molecule has 9 heteroatoms. The van der Waals surface area contributed by atoms with Crippen LogP contribution in [-0.2, 0) is 11.9 Å². The van der Waals surface area contributed by atoms with Crippen molar-refractivity contribution < 1.29 is 22.7 Å². The number of benzene rings is 3. The number of ether oxygens (including phenoxy) is 1. The third-order valence-corrected chi connectivity index (χ3v) is 5.93. The van der Waals surface area contributed by atoms with Crippen molar-refractivity contribution in [2.45, 2.75) is 16.8 Å². The van der Waals surface area contributed by atoms with E-state index in [-0.39, 0.29) is 16.3 Å². The minimum Gasteiger partial charge on any atom is -0.496 e. The van der Waals surface area contributed by atoms with Crippen LogP contribution in [-0.4, -0.2) is 13.0 Å². The third kappa shape index (κ3) is 6.09. The average molecular weight is 486 g/mol. The minimum atomic E-state index is -4.55. The van der Waals surface area contributed by atoms with E-state index in [1.165, 1.54) is 24.9 Å². The van der Waals surface area contributed by atoms with Crippen LogP contribution in [0.3, 0.4) is 0 Å². The zero-order valence-electron chi connectivity index (χ0n) is 16.1. The van der Waals surface area contributed by atoms with E-state index in [1.54, 1.807) is 24.3 Å². The summed E-state index contributed by atoms with van der Waals surface area (Å²) in [6.45, 7) is 0. The number of thioether (sulfide) groups is 1. The first-order valence-electron chi connectivity index (χ1n) is 8.91. The lowest BCUT2D eigenvalue weighted by Crippen LogP contribution is -2.14. The van der Waals surface area contributed by atoms with Crippen LogP contribution < -0.4 is 10.1 Å². The second-order valence-corrected chi connectivity index (χ2v) is 8.31. The van der Waals surface area contributed by atoms with Crippen LogP contribution in [0.4, 0.5) is 18.9 Å². The molecule has 1 N–H and O–H groups in total. The Kier molecular flexibility index (Phi) is 7.41. The van der Waals surface area contributed by atoms with Gasteiger partial charge in [-0.15, -0.1) is 11.8 Å². The van der Waals surface area contributed by atoms with Gasteiger partial charge in [0.05, 0.1) is 23.4 Å². The van der Waals surface area contributed by atoms with Gasteiger partial charge < -0.3 is 10.1 Å². The topological polar surface area (TPSA) is 38.3 Å². The molecule has 0 bridgehead atoms. The molecular weight excluding hydrogens is 470 g/mol. The Labute approximate surface area is 191 Å². The fourth-order valence-corrected chi connectivity index (χ4v) is 3.88. The van der Waals surface area contributed by atoms with Crippen molar-refractivity contribution >= 4 is 46.6 Å². The smallest absolute Gasteiger partial charge is 0.416 e. The van der Waals surface area contributed by atoms with Crippen LogP contribution in [0.15, 0.2) is 65.6 Å². The molecule has 1 amide bonds. The van der Waals surface area contributed by atoms with Crippen molar-refractivity contribution in [2.75, 3.05) is 12.4 Å². The molecule has 0 unspecified atom stereocenters. The molecular formula is C22H16Cl2F3NO2S. The summed E-state index contributed by atoms with van der Waals surface area (Å²) in [4.78, 5) is 13.7. The second kappa shape index (κ2) is 9.85. The number of rotatable bonds is 6. The molecule has 31 heavy (non-hydrogen) atoms. The molecule has 0 aliphatic rings. The van der Waals surface area contributed by atoms with Crippen LogP contribution >= 0.6 is 35.0 Å². The SMILES string of the molecule is COc1ccc(C(=O)Nc2cc(C(F)(F)F)ccc2Cl)cc1CSc1ccc(Cl)cc1. The molecule has 162 valence electrons. The number of alkyl halides is 3. The van der Waals surface area contributed by atoms with Gasteiger partial charge in [0.25, 0.3) is 5.91 Å². The summed E-state index contributed by atoms with van der Waals surface area (Å²) in [7, 11) is 1.52. The molecule has 0 saturated heterocycles. The summed E-state index contributed by atoms with van der Waals surface area (Å²) in [6, 6.07) is 14.9. The highest BCUT2D eigenvalue weighted by Crippen LogP contribution is 2.34. The Morgan fingerprint density at radius 1 is 1.03 bits per heavy atom. The lowest BCUT2D eigenvalue weighted by Gasteiger charge is -2.13. The van der Waals surface area contributed by atoms with Crippen molar-refractivity contribution in [2.24, 2.45) is 0 Å². The third-order valence-electron chi connectivity index (χ3n) is 4.29. The van der Waals surface area contributed by atoms with E-state index < -0.39 is 17.6 Å². The number of hydrogen-bond acceptors (Lipinski definition) is 3. The van der Waals surface area contributed by atoms with Crippen molar-refractivity contribution in [1.29, 1.82) is 0 Å². The van der Waals surface area contributed by atoms with Crippen molar-refractivity contribution in [3.63, 3.8) is 0 Å². The summed E-state index contributed by atoms with van der Waals surface area (Å²) >= 11 is 13.4. The zero-order chi connectivity index (χ0) is 22.6. The van der Waals surface area contributed by atoms with Gasteiger partial charge in [-0.05, 0) is 60.7 Å². The monoisotopic (exact) mass is 485 g/mol. The Bertz CT molecular complexity index is 1090. The van der Waals surface area contributed by atoms with Gasteiger partial charge in [0.1, 0.15) is 5.75 Å². The van der Waals surface area contributed by atoms with Gasteiger partial charge in [-0.3, -0.25) is 4.79 Å². The minimum absolute atomic E-state index is 0.00776. The maximum absolute atomic E-state index is 13.0. The van der Waals surface area contributed by atoms with Crippen LogP contribution in [0, 0.1) is 0 Å². The van der Waals surface area contributed by atoms with Crippen LogP contribution in [0.1, 0.15) is 21.5 Å². The molecule has 0 radical (unpaired) electrons. The number of methoxy groups -OCH3 is 1. The van der Waals surface area contributed by atoms with E-state index in [1.807, 2.05) is 12.1 Å². The quantitative estimate of drug-likeness (QED) is 0.366. The number of halogens is 5. The normalized spacial score (nSPS) is 11.3. The number of anilines is 1. The van der Waals surface area contributed by atoms with Crippen LogP contribution in [0.5, 0.6) is 5.75 Å². The van der Waals surface area contributed by atoms with Gasteiger partial charge in [-0.2, -0.15) is 13.2 Å². The summed E-state index contributed by atoms with van der Waals surface area (Å²) in [5, 5.41) is 3.09. The van der Waals surface area contributed by atoms with Crippen LogP contribution in [0.25, 0.3) is 0 Å². The molecule has 0 saturated carbocycles. The highest BCUT2D eigenvalue weighted by atomic mass is 35.5. The predicted molar refractivity (Wildman–Crippen MR) is 118 cm³/mol. The van der Waals surface area contributed by atoms with Gasteiger partial charge in [0.15, 0.2) is 0 Å². The van der Waals surface area contributed by atoms with Gasteiger partial charge in [-0.25, -0.2) is 0 Å². The van der Waals surface area contributed by atoms with Gasteiger partial charge in [0, 0.05) is 26.8 Å². The first kappa shape index (κ1) is 23.3. The average Bonchev–Trinajstić information content (AvgIpc) is 2.73. The van der Waals surface area contributed by atoms with E-state index in [9.17, 15) is 18.0 Å². The van der Waals surface area contributed by atoms with E-state index in [0.717, 1.165) is 28.7 Å². The molecule has 0 fully saturated rings. The fourth-order valence-electron chi connectivity index (χ4n) is 2.72. The molecule has 0 heterocycles. The molecule has 0 aliphatic heterocycles. The number of hydrogen-bond donors (Lipinski definition) is 1. The van der Waals surface area contributed by atoms with Crippen LogP contribution in [0.2, 0.25) is 10.0 Å². The largest absolute Gasteiger partial charge is 0.496 e. The first-order valence-corrected chi connectivity index (χ1v) is 10.6. The zero-order valence-corrected chi connectivity index (χ0v) is 18.4. The van der Waals surface area contributed by atoms with Gasteiger partial charge >= 0.3 is 6.18 Å². The fraction of sp³-hybridized carbons (Fsp3) is 0.136. The van der Waals surface area contributed by atoms with Crippen molar-refractivity contribution in [1.82, 2.24) is 0 Å². The number of amides is 1. The van der Waals surface area contributed by atoms with E-state index in [2.05, 4.69) is 5.32 Å². The number of carbonyl (C=O) groups excluding carboxylic acids is 1. The predicted octanol–water partition coefficient (Wildman–Crippen LogP) is 7.57. The lowest BCUT2D eigenvalue weighted by atomic mass is 10.1. The Morgan fingerprint density at radius 3 is 2.39 bits per heavy atom. The Hall–Kier alpha value is -2.35. The van der Waals surface area contributed by atoms with Crippen molar-refractivity contribution in [3.8, 4) is 5.75 Å². The maximum Gasteiger partial charge on any atom is 0.416 e. The molecule has 0 atom stereocenters. The van der Waals surface area contributed by atoms with E-state index >= 15 is 0 Å². The summed E-state index contributed by atoms with van der Waals surface area (Å²) < 4.78 is 44.3. The van der Waals surface area contributed by atoms with Gasteiger partial charge in [-0.1, -0.05) is 23.2 Å². The summed E-state index contributed by atoms with van der Waals surface area (Å²) in [5.41, 5.74) is 0.00241. The molecule has 3 nitrogen and oxygen atoms in total. The highest BCUT2D eigenvalue weighted by molar-refractivity contribution is 7.98. The Balaban J connectivity index is 1.80. The molecule has 0 aliphatic carbocycles.